The van der Waals surface area contributed by atoms with Gasteiger partial charge < -0.3 is 15.3 Å². The summed E-state index contributed by atoms with van der Waals surface area (Å²) in [4.78, 5) is 14.2. The van der Waals surface area contributed by atoms with Gasteiger partial charge in [-0.15, -0.1) is 0 Å². The van der Waals surface area contributed by atoms with Gasteiger partial charge in [0.1, 0.15) is 11.2 Å². The van der Waals surface area contributed by atoms with Gasteiger partial charge >= 0.3 is 5.97 Å². The van der Waals surface area contributed by atoms with E-state index in [2.05, 4.69) is 5.10 Å². The monoisotopic (exact) mass is 391 g/mol. The fourth-order valence-electron chi connectivity index (χ4n) is 3.90. The molecule has 8 heteroatoms. The molecule has 1 aliphatic rings. The topological polar surface area (TPSA) is 98.8 Å². The molecule has 0 radical (unpaired) electrons. The molecule has 1 aromatic heterocycles. The van der Waals surface area contributed by atoms with E-state index >= 15 is 0 Å². The zero-order valence-corrected chi connectivity index (χ0v) is 15.9. The van der Waals surface area contributed by atoms with Crippen molar-refractivity contribution in [2.75, 3.05) is 19.7 Å². The summed E-state index contributed by atoms with van der Waals surface area (Å²) in [5.74, 6) is -1.43. The molecule has 0 aliphatic carbocycles. The number of aliphatic hydroxyl groups excluding tert-OH is 2. The van der Waals surface area contributed by atoms with Crippen LogP contribution in [0.5, 0.6) is 0 Å². The molecular weight excluding hydrogens is 365 g/mol. The molecule has 152 valence electrons. The average molecular weight is 391 g/mol. The lowest BCUT2D eigenvalue weighted by molar-refractivity contribution is -0.163. The van der Waals surface area contributed by atoms with Gasteiger partial charge in [-0.3, -0.25) is 14.4 Å². The third-order valence-corrected chi connectivity index (χ3v) is 5.49. The van der Waals surface area contributed by atoms with Crippen molar-refractivity contribution in [3.63, 3.8) is 0 Å². The van der Waals surface area contributed by atoms with E-state index in [1.165, 1.54) is 12.1 Å². The predicted octanol–water partition coefficient (Wildman–Crippen LogP) is 1.20. The highest BCUT2D eigenvalue weighted by molar-refractivity contribution is 5.76. The van der Waals surface area contributed by atoms with Crippen LogP contribution in [0.3, 0.4) is 0 Å². The minimum absolute atomic E-state index is 0.00371. The summed E-state index contributed by atoms with van der Waals surface area (Å²) in [7, 11) is 0. The Labute approximate surface area is 163 Å². The van der Waals surface area contributed by atoms with Gasteiger partial charge in [-0.05, 0) is 37.5 Å². The number of aliphatic hydroxyl groups is 2. The molecule has 1 aromatic carbocycles. The molecule has 28 heavy (non-hydrogen) atoms. The molecule has 1 saturated heterocycles. The summed E-state index contributed by atoms with van der Waals surface area (Å²) in [6, 6.07) is 5.73. The van der Waals surface area contributed by atoms with Crippen LogP contribution in [0.4, 0.5) is 4.39 Å². The first kappa shape index (κ1) is 20.4. The Morgan fingerprint density at radius 3 is 2.71 bits per heavy atom. The molecule has 1 fully saturated rings. The van der Waals surface area contributed by atoms with Crippen molar-refractivity contribution in [3.8, 4) is 0 Å². The molecule has 2 heterocycles. The molecule has 7 nitrogen and oxygen atoms in total. The molecule has 0 saturated carbocycles. The number of aliphatic carboxylic acids is 1. The standard InChI is InChI=1S/C20H26FN3O4/c1-14-16(12-24(22-14)8-9-25)11-23-7-6-18(26)20(13-23,19(27)28)10-15-2-4-17(21)5-3-15/h2-5,12,18,25-26H,6-11,13H2,1H3,(H,27,28)/t18-,20-/m1/s1. The van der Waals surface area contributed by atoms with Crippen LogP contribution in [-0.4, -0.2) is 61.8 Å². The van der Waals surface area contributed by atoms with E-state index in [0.717, 1.165) is 11.3 Å². The summed E-state index contributed by atoms with van der Waals surface area (Å²) in [6.07, 6.45) is 1.35. The second kappa shape index (κ2) is 8.38. The van der Waals surface area contributed by atoms with Crippen LogP contribution in [0.2, 0.25) is 0 Å². The highest BCUT2D eigenvalue weighted by Gasteiger charge is 2.49. The van der Waals surface area contributed by atoms with E-state index in [-0.39, 0.29) is 25.4 Å². The van der Waals surface area contributed by atoms with Gasteiger partial charge in [-0.1, -0.05) is 12.1 Å². The normalized spacial score (nSPS) is 23.1. The maximum Gasteiger partial charge on any atom is 0.313 e. The van der Waals surface area contributed by atoms with E-state index in [1.807, 2.05) is 18.0 Å². The number of hydrogen-bond acceptors (Lipinski definition) is 5. The molecular formula is C20H26FN3O4. The largest absolute Gasteiger partial charge is 0.481 e. The van der Waals surface area contributed by atoms with Crippen LogP contribution in [0.25, 0.3) is 0 Å². The van der Waals surface area contributed by atoms with E-state index in [9.17, 15) is 19.4 Å². The van der Waals surface area contributed by atoms with E-state index in [1.54, 1.807) is 16.8 Å². The number of likely N-dealkylation sites (tertiary alicyclic amines) is 1. The number of carboxylic acids is 1. The summed E-state index contributed by atoms with van der Waals surface area (Å²) in [5, 5.41) is 34.0. The average Bonchev–Trinajstić information content (AvgIpc) is 2.99. The van der Waals surface area contributed by atoms with Gasteiger partial charge in [0.15, 0.2) is 0 Å². The van der Waals surface area contributed by atoms with Gasteiger partial charge in [-0.25, -0.2) is 4.39 Å². The van der Waals surface area contributed by atoms with E-state index in [0.29, 0.717) is 31.6 Å². The third kappa shape index (κ3) is 4.24. The van der Waals surface area contributed by atoms with Crippen molar-refractivity contribution in [2.45, 2.75) is 39.0 Å². The van der Waals surface area contributed by atoms with E-state index < -0.39 is 17.5 Å². The molecule has 0 amide bonds. The summed E-state index contributed by atoms with van der Waals surface area (Å²) in [6.45, 7) is 3.56. The molecule has 2 atom stereocenters. The Morgan fingerprint density at radius 1 is 1.36 bits per heavy atom. The molecule has 0 bridgehead atoms. The van der Waals surface area contributed by atoms with Crippen LogP contribution < -0.4 is 0 Å². The molecule has 0 unspecified atom stereocenters. The number of benzene rings is 1. The van der Waals surface area contributed by atoms with Crippen molar-refractivity contribution in [3.05, 3.63) is 53.1 Å². The Morgan fingerprint density at radius 2 is 2.07 bits per heavy atom. The Balaban J connectivity index is 1.80. The first-order valence-corrected chi connectivity index (χ1v) is 9.36. The number of aromatic nitrogens is 2. The number of rotatable bonds is 7. The predicted molar refractivity (Wildman–Crippen MR) is 100 cm³/mol. The number of piperidine rings is 1. The molecule has 1 aliphatic heterocycles. The molecule has 2 aromatic rings. The van der Waals surface area contributed by atoms with Crippen LogP contribution in [-0.2, 0) is 24.3 Å². The van der Waals surface area contributed by atoms with Gasteiger partial charge in [-0.2, -0.15) is 5.10 Å². The lowest BCUT2D eigenvalue weighted by atomic mass is 9.72. The first-order valence-electron chi connectivity index (χ1n) is 9.36. The highest BCUT2D eigenvalue weighted by Crippen LogP contribution is 2.35. The number of halogens is 1. The third-order valence-electron chi connectivity index (χ3n) is 5.49. The van der Waals surface area contributed by atoms with Crippen molar-refractivity contribution in [2.24, 2.45) is 5.41 Å². The minimum atomic E-state index is -1.36. The van der Waals surface area contributed by atoms with Gasteiger partial charge in [0.2, 0.25) is 0 Å². The Bertz CT molecular complexity index is 823. The summed E-state index contributed by atoms with van der Waals surface area (Å²) >= 11 is 0. The number of carboxylic acid groups (broad SMARTS) is 1. The number of carbonyl (C=O) groups is 1. The Kier molecular flexibility index (Phi) is 6.12. The quantitative estimate of drug-likeness (QED) is 0.656. The molecule has 3 N–H and O–H groups in total. The van der Waals surface area contributed by atoms with Crippen molar-refractivity contribution in [1.82, 2.24) is 14.7 Å². The lowest BCUT2D eigenvalue weighted by Crippen LogP contribution is -2.56. The summed E-state index contributed by atoms with van der Waals surface area (Å²) < 4.78 is 14.9. The van der Waals surface area contributed by atoms with Gasteiger partial charge in [0.25, 0.3) is 0 Å². The number of nitrogens with zero attached hydrogens (tertiary/aromatic N) is 3. The van der Waals surface area contributed by atoms with Gasteiger partial charge in [0.05, 0.1) is 24.9 Å². The fourth-order valence-corrected chi connectivity index (χ4v) is 3.90. The summed E-state index contributed by atoms with van der Waals surface area (Å²) in [5.41, 5.74) is 1.12. The smallest absolute Gasteiger partial charge is 0.313 e. The second-order valence-corrected chi connectivity index (χ2v) is 7.51. The van der Waals surface area contributed by atoms with Gasteiger partial charge in [0, 0.05) is 31.4 Å². The lowest BCUT2D eigenvalue weighted by Gasteiger charge is -2.43. The highest BCUT2D eigenvalue weighted by atomic mass is 19.1. The maximum atomic E-state index is 13.2. The first-order chi connectivity index (χ1) is 13.3. The Hall–Kier alpha value is -2.29. The van der Waals surface area contributed by atoms with E-state index in [4.69, 9.17) is 5.11 Å². The van der Waals surface area contributed by atoms with Crippen LogP contribution in [0, 0.1) is 18.2 Å². The van der Waals surface area contributed by atoms with Crippen molar-refractivity contribution >= 4 is 5.97 Å². The number of aryl methyl sites for hydroxylation is 1. The fraction of sp³-hybridized carbons (Fsp3) is 0.500. The zero-order valence-electron chi connectivity index (χ0n) is 15.9. The van der Waals surface area contributed by atoms with Crippen LogP contribution in [0.15, 0.2) is 30.5 Å². The minimum Gasteiger partial charge on any atom is -0.481 e. The van der Waals surface area contributed by atoms with Crippen molar-refractivity contribution in [1.29, 1.82) is 0 Å². The molecule has 3 rings (SSSR count). The SMILES string of the molecule is Cc1nn(CCO)cc1CN1CC[C@@H](O)[C@](Cc2ccc(F)cc2)(C(=O)O)C1. The van der Waals surface area contributed by atoms with Crippen molar-refractivity contribution < 1.29 is 24.5 Å². The molecule has 0 spiro atoms. The zero-order chi connectivity index (χ0) is 20.3. The second-order valence-electron chi connectivity index (χ2n) is 7.51. The van der Waals surface area contributed by atoms with Crippen LogP contribution >= 0.6 is 0 Å². The maximum absolute atomic E-state index is 13.2. The van der Waals surface area contributed by atoms with Crippen LogP contribution in [0.1, 0.15) is 23.2 Å². The number of hydrogen-bond donors (Lipinski definition) is 3.